The van der Waals surface area contributed by atoms with E-state index in [1.807, 2.05) is 19.1 Å². The van der Waals surface area contributed by atoms with Crippen molar-refractivity contribution in [3.63, 3.8) is 0 Å². The van der Waals surface area contributed by atoms with E-state index in [2.05, 4.69) is 10.6 Å². The van der Waals surface area contributed by atoms with Crippen molar-refractivity contribution in [2.45, 2.75) is 69.2 Å². The molecule has 1 aromatic rings. The SMILES string of the molecule is CCOCCCN1C(=O)[C@H]2[C@H](C(=O)Nc3cccc(Cl)c3)[C@H]3C=C[C@@]2(O3)[C@@H]1C(=O)NC1CCCCC1. The van der Waals surface area contributed by atoms with E-state index in [-0.39, 0.29) is 23.8 Å². The highest BCUT2D eigenvalue weighted by Crippen LogP contribution is 2.55. The lowest BCUT2D eigenvalue weighted by molar-refractivity contribution is -0.141. The summed E-state index contributed by atoms with van der Waals surface area (Å²) in [5.41, 5.74) is -0.596. The number of ether oxygens (including phenoxy) is 2. The standard InChI is InChI=1S/C27H34ClN3O5/c1-2-35-15-7-14-31-23(25(33)29-18-9-4-3-5-10-18)27-13-12-20(36-27)21(22(27)26(31)34)24(32)30-19-11-6-8-17(28)16-19/h6,8,11-13,16,18,20-23H,2-5,7,9-10,14-15H2,1H3,(H,29,33)(H,30,32)/t20-,21-,22-,23+,27+/m1/s1. The van der Waals surface area contributed by atoms with Crippen molar-refractivity contribution in [3.8, 4) is 0 Å². The molecule has 3 fully saturated rings. The molecule has 5 atom stereocenters. The van der Waals surface area contributed by atoms with Gasteiger partial charge in [0.15, 0.2) is 0 Å². The number of hydrogen-bond donors (Lipinski definition) is 2. The second-order valence-electron chi connectivity index (χ2n) is 10.1. The normalized spacial score (nSPS) is 31.1. The summed E-state index contributed by atoms with van der Waals surface area (Å²) in [6.07, 6.45) is 8.95. The van der Waals surface area contributed by atoms with Crippen molar-refractivity contribution < 1.29 is 23.9 Å². The monoisotopic (exact) mass is 515 g/mol. The first-order valence-electron chi connectivity index (χ1n) is 13.1. The van der Waals surface area contributed by atoms with Crippen LogP contribution in [0.2, 0.25) is 5.02 Å². The highest BCUT2D eigenvalue weighted by Gasteiger charge is 2.72. The molecule has 36 heavy (non-hydrogen) atoms. The van der Waals surface area contributed by atoms with Crippen LogP contribution in [0.5, 0.6) is 0 Å². The van der Waals surface area contributed by atoms with Crippen LogP contribution in [0.25, 0.3) is 0 Å². The number of amides is 3. The lowest BCUT2D eigenvalue weighted by atomic mass is 9.74. The van der Waals surface area contributed by atoms with Gasteiger partial charge in [-0.3, -0.25) is 14.4 Å². The molecular formula is C27H34ClN3O5. The largest absolute Gasteiger partial charge is 0.382 e. The summed E-state index contributed by atoms with van der Waals surface area (Å²) in [6, 6.07) is 6.18. The van der Waals surface area contributed by atoms with E-state index < -0.39 is 29.6 Å². The number of nitrogens with one attached hydrogen (secondary N) is 2. The molecule has 3 amide bonds. The maximum absolute atomic E-state index is 13.9. The molecule has 4 aliphatic rings. The molecule has 1 aromatic carbocycles. The number of carbonyl (C=O) groups is 3. The van der Waals surface area contributed by atoms with Gasteiger partial charge in [0.1, 0.15) is 11.6 Å². The maximum Gasteiger partial charge on any atom is 0.246 e. The Morgan fingerprint density at radius 2 is 2.03 bits per heavy atom. The van der Waals surface area contributed by atoms with Gasteiger partial charge in [-0.1, -0.05) is 49.1 Å². The van der Waals surface area contributed by atoms with Gasteiger partial charge in [-0.2, -0.15) is 0 Å². The first kappa shape index (κ1) is 25.2. The zero-order valence-corrected chi connectivity index (χ0v) is 21.3. The molecule has 9 heteroatoms. The lowest BCUT2D eigenvalue weighted by Gasteiger charge is -2.34. The molecule has 2 saturated heterocycles. The second-order valence-corrected chi connectivity index (χ2v) is 10.6. The Labute approximate surface area is 216 Å². The Hall–Kier alpha value is -2.42. The average molecular weight is 516 g/mol. The van der Waals surface area contributed by atoms with Gasteiger partial charge in [-0.15, -0.1) is 0 Å². The number of fused-ring (bicyclic) bond motifs is 1. The minimum absolute atomic E-state index is 0.103. The van der Waals surface area contributed by atoms with Gasteiger partial charge in [0.05, 0.1) is 17.9 Å². The summed E-state index contributed by atoms with van der Waals surface area (Å²) in [7, 11) is 0. The summed E-state index contributed by atoms with van der Waals surface area (Å²) in [5.74, 6) is -2.22. The zero-order valence-electron chi connectivity index (χ0n) is 20.6. The van der Waals surface area contributed by atoms with Crippen molar-refractivity contribution in [2.75, 3.05) is 25.1 Å². The van der Waals surface area contributed by atoms with E-state index in [1.54, 1.807) is 29.2 Å². The summed E-state index contributed by atoms with van der Waals surface area (Å²) >= 11 is 6.08. The Kier molecular flexibility index (Phi) is 7.37. The maximum atomic E-state index is 13.9. The van der Waals surface area contributed by atoms with Crippen molar-refractivity contribution in [2.24, 2.45) is 11.8 Å². The first-order valence-corrected chi connectivity index (χ1v) is 13.4. The predicted octanol–water partition coefficient (Wildman–Crippen LogP) is 3.30. The van der Waals surface area contributed by atoms with Crippen molar-refractivity contribution >= 4 is 35.0 Å². The Balaban J connectivity index is 1.40. The molecule has 8 nitrogen and oxygen atoms in total. The van der Waals surface area contributed by atoms with E-state index in [9.17, 15) is 14.4 Å². The van der Waals surface area contributed by atoms with Gasteiger partial charge < -0.3 is 25.0 Å². The van der Waals surface area contributed by atoms with Gasteiger partial charge >= 0.3 is 0 Å². The number of rotatable bonds is 9. The molecule has 2 N–H and O–H groups in total. The fraction of sp³-hybridized carbons (Fsp3) is 0.593. The summed E-state index contributed by atoms with van der Waals surface area (Å²) in [6.45, 7) is 3.37. The molecular weight excluding hydrogens is 482 g/mol. The average Bonchev–Trinajstić information content (AvgIpc) is 3.50. The number of anilines is 1. The molecule has 2 bridgehead atoms. The van der Waals surface area contributed by atoms with Crippen LogP contribution < -0.4 is 10.6 Å². The molecule has 0 aromatic heterocycles. The quantitative estimate of drug-likeness (QED) is 0.388. The van der Waals surface area contributed by atoms with Gasteiger partial charge in [-0.05, 0) is 44.4 Å². The number of hydrogen-bond acceptors (Lipinski definition) is 5. The Bertz CT molecular complexity index is 1040. The number of carbonyl (C=O) groups excluding carboxylic acids is 3. The minimum Gasteiger partial charge on any atom is -0.382 e. The van der Waals surface area contributed by atoms with Crippen LogP contribution in [-0.2, 0) is 23.9 Å². The van der Waals surface area contributed by atoms with Crippen molar-refractivity contribution in [1.29, 1.82) is 0 Å². The van der Waals surface area contributed by atoms with Gasteiger partial charge in [0, 0.05) is 36.5 Å². The Morgan fingerprint density at radius 1 is 1.22 bits per heavy atom. The van der Waals surface area contributed by atoms with Crippen LogP contribution in [0.3, 0.4) is 0 Å². The van der Waals surface area contributed by atoms with Gasteiger partial charge in [-0.25, -0.2) is 0 Å². The molecule has 3 aliphatic heterocycles. The predicted molar refractivity (Wildman–Crippen MR) is 135 cm³/mol. The van der Waals surface area contributed by atoms with E-state index in [1.165, 1.54) is 6.42 Å². The van der Waals surface area contributed by atoms with Crippen LogP contribution in [0.15, 0.2) is 36.4 Å². The van der Waals surface area contributed by atoms with Crippen molar-refractivity contribution in [3.05, 3.63) is 41.4 Å². The third-order valence-electron chi connectivity index (χ3n) is 7.86. The minimum atomic E-state index is -1.15. The molecule has 194 valence electrons. The van der Waals surface area contributed by atoms with E-state index >= 15 is 0 Å². The molecule has 1 spiro atoms. The highest BCUT2D eigenvalue weighted by atomic mass is 35.5. The van der Waals surface area contributed by atoms with Crippen LogP contribution in [0.1, 0.15) is 45.4 Å². The second kappa shape index (κ2) is 10.5. The smallest absolute Gasteiger partial charge is 0.246 e. The van der Waals surface area contributed by atoms with Gasteiger partial charge in [0.2, 0.25) is 17.7 Å². The summed E-state index contributed by atoms with van der Waals surface area (Å²) < 4.78 is 11.9. The number of halogens is 1. The van der Waals surface area contributed by atoms with E-state index in [4.69, 9.17) is 21.1 Å². The zero-order chi connectivity index (χ0) is 25.3. The van der Waals surface area contributed by atoms with Gasteiger partial charge in [0.25, 0.3) is 0 Å². The Morgan fingerprint density at radius 3 is 2.78 bits per heavy atom. The molecule has 3 heterocycles. The molecule has 0 radical (unpaired) electrons. The summed E-state index contributed by atoms with van der Waals surface area (Å²) in [5, 5.41) is 6.60. The van der Waals surface area contributed by atoms with Crippen molar-refractivity contribution in [1.82, 2.24) is 10.2 Å². The third-order valence-corrected chi connectivity index (χ3v) is 8.10. The first-order chi connectivity index (χ1) is 17.4. The number of likely N-dealkylation sites (tertiary alicyclic amines) is 1. The van der Waals surface area contributed by atoms with E-state index in [0.717, 1.165) is 25.7 Å². The molecule has 0 unspecified atom stereocenters. The topological polar surface area (TPSA) is 97.0 Å². The lowest BCUT2D eigenvalue weighted by Crippen LogP contribution is -2.56. The van der Waals surface area contributed by atoms with Crippen LogP contribution in [0, 0.1) is 11.8 Å². The fourth-order valence-corrected chi connectivity index (χ4v) is 6.50. The van der Waals surface area contributed by atoms with Crippen LogP contribution in [0.4, 0.5) is 5.69 Å². The number of benzene rings is 1. The van der Waals surface area contributed by atoms with Crippen LogP contribution >= 0.6 is 11.6 Å². The number of nitrogens with zero attached hydrogens (tertiary/aromatic N) is 1. The highest BCUT2D eigenvalue weighted by molar-refractivity contribution is 6.30. The van der Waals surface area contributed by atoms with E-state index in [0.29, 0.717) is 36.9 Å². The molecule has 1 saturated carbocycles. The summed E-state index contributed by atoms with van der Waals surface area (Å²) in [4.78, 5) is 42.6. The van der Waals surface area contributed by atoms with Crippen LogP contribution in [-0.4, -0.2) is 66.2 Å². The molecule has 1 aliphatic carbocycles. The third kappa shape index (κ3) is 4.55. The fourth-order valence-electron chi connectivity index (χ4n) is 6.31. The molecule has 5 rings (SSSR count).